The third-order valence-corrected chi connectivity index (χ3v) is 4.94. The standard InChI is InChI=1S/C14H25N5OS/c1-10(2)19-14(16-17-18-19)21-11(3)13(20)15-9-12-7-5-4-6-8-12/h10-12H,4-9H2,1-3H3,(H,15,20). The molecule has 1 aromatic heterocycles. The van der Waals surface area contributed by atoms with Crippen LogP contribution in [0.4, 0.5) is 0 Å². The van der Waals surface area contributed by atoms with E-state index < -0.39 is 0 Å². The van der Waals surface area contributed by atoms with Gasteiger partial charge in [-0.2, -0.15) is 0 Å². The maximum Gasteiger partial charge on any atom is 0.233 e. The molecule has 0 spiro atoms. The number of thioether (sulfide) groups is 1. The van der Waals surface area contributed by atoms with Gasteiger partial charge in [0.15, 0.2) is 0 Å². The molecule has 1 N–H and O–H groups in total. The first-order chi connectivity index (χ1) is 10.1. The van der Waals surface area contributed by atoms with Crippen LogP contribution in [-0.2, 0) is 4.79 Å². The van der Waals surface area contributed by atoms with Gasteiger partial charge < -0.3 is 5.32 Å². The monoisotopic (exact) mass is 311 g/mol. The normalized spacial score (nSPS) is 17.9. The van der Waals surface area contributed by atoms with E-state index in [9.17, 15) is 4.79 Å². The molecule has 21 heavy (non-hydrogen) atoms. The van der Waals surface area contributed by atoms with E-state index in [4.69, 9.17) is 0 Å². The van der Waals surface area contributed by atoms with Gasteiger partial charge in [0.1, 0.15) is 0 Å². The van der Waals surface area contributed by atoms with Crippen LogP contribution in [0.25, 0.3) is 0 Å². The molecule has 1 amide bonds. The molecule has 1 unspecified atom stereocenters. The molecule has 1 aliphatic carbocycles. The SMILES string of the molecule is CC(Sc1nnnn1C(C)C)C(=O)NCC1CCCCC1. The molecule has 6 nitrogen and oxygen atoms in total. The maximum atomic E-state index is 12.2. The minimum absolute atomic E-state index is 0.0730. The Morgan fingerprint density at radius 3 is 2.71 bits per heavy atom. The molecule has 1 atom stereocenters. The number of nitrogens with one attached hydrogen (secondary N) is 1. The van der Waals surface area contributed by atoms with E-state index in [1.165, 1.54) is 43.9 Å². The first kappa shape index (κ1) is 16.3. The summed E-state index contributed by atoms with van der Waals surface area (Å²) in [5, 5.41) is 15.2. The zero-order valence-electron chi connectivity index (χ0n) is 13.1. The Morgan fingerprint density at radius 2 is 2.05 bits per heavy atom. The van der Waals surface area contributed by atoms with Crippen molar-refractivity contribution in [2.75, 3.05) is 6.54 Å². The lowest BCUT2D eigenvalue weighted by Crippen LogP contribution is -2.35. The summed E-state index contributed by atoms with van der Waals surface area (Å²) in [4.78, 5) is 12.2. The van der Waals surface area contributed by atoms with Crippen LogP contribution in [0.3, 0.4) is 0 Å². The van der Waals surface area contributed by atoms with Crippen molar-refractivity contribution < 1.29 is 4.79 Å². The van der Waals surface area contributed by atoms with E-state index in [0.29, 0.717) is 11.1 Å². The summed E-state index contributed by atoms with van der Waals surface area (Å²) in [5.74, 6) is 0.727. The van der Waals surface area contributed by atoms with Gasteiger partial charge in [0, 0.05) is 6.54 Å². The lowest BCUT2D eigenvalue weighted by molar-refractivity contribution is -0.120. The lowest BCUT2D eigenvalue weighted by atomic mass is 9.89. The summed E-state index contributed by atoms with van der Waals surface area (Å²) in [6.07, 6.45) is 6.43. The number of hydrogen-bond acceptors (Lipinski definition) is 5. The molecule has 1 heterocycles. The Morgan fingerprint density at radius 1 is 1.33 bits per heavy atom. The number of nitrogens with zero attached hydrogens (tertiary/aromatic N) is 4. The second kappa shape index (κ2) is 7.77. The third-order valence-electron chi connectivity index (χ3n) is 3.89. The summed E-state index contributed by atoms with van der Waals surface area (Å²) in [6, 6.07) is 0.194. The molecule has 1 aromatic rings. The molecular formula is C14H25N5OS. The number of aromatic nitrogens is 4. The van der Waals surface area contributed by atoms with Crippen LogP contribution in [0.1, 0.15) is 58.9 Å². The van der Waals surface area contributed by atoms with Gasteiger partial charge in [-0.3, -0.25) is 4.79 Å². The van der Waals surface area contributed by atoms with Crippen LogP contribution in [0.2, 0.25) is 0 Å². The second-order valence-corrected chi connectivity index (χ2v) is 7.32. The van der Waals surface area contributed by atoms with Gasteiger partial charge >= 0.3 is 0 Å². The minimum atomic E-state index is -0.183. The molecule has 2 rings (SSSR count). The van der Waals surface area contributed by atoms with Crippen LogP contribution < -0.4 is 5.32 Å². The maximum absolute atomic E-state index is 12.2. The van der Waals surface area contributed by atoms with Crippen LogP contribution in [0.15, 0.2) is 5.16 Å². The number of carbonyl (C=O) groups is 1. The van der Waals surface area contributed by atoms with Gasteiger partial charge in [0.2, 0.25) is 11.1 Å². The summed E-state index contributed by atoms with van der Waals surface area (Å²) in [7, 11) is 0. The first-order valence-electron chi connectivity index (χ1n) is 7.80. The highest BCUT2D eigenvalue weighted by Crippen LogP contribution is 2.24. The van der Waals surface area contributed by atoms with Crippen molar-refractivity contribution >= 4 is 17.7 Å². The predicted octanol–water partition coefficient (Wildman–Crippen LogP) is 2.43. The van der Waals surface area contributed by atoms with Crippen LogP contribution >= 0.6 is 11.8 Å². The highest BCUT2D eigenvalue weighted by molar-refractivity contribution is 8.00. The van der Waals surface area contributed by atoms with E-state index in [0.717, 1.165) is 6.54 Å². The second-order valence-electron chi connectivity index (χ2n) is 6.01. The van der Waals surface area contributed by atoms with Gasteiger partial charge in [0.25, 0.3) is 0 Å². The summed E-state index contributed by atoms with van der Waals surface area (Å²) in [6.45, 7) is 6.75. The van der Waals surface area contributed by atoms with Crippen molar-refractivity contribution in [1.82, 2.24) is 25.5 Å². The number of carbonyl (C=O) groups excluding carboxylic acids is 1. The molecule has 0 radical (unpaired) electrons. The van der Waals surface area contributed by atoms with E-state index in [1.807, 2.05) is 20.8 Å². The molecule has 1 saturated carbocycles. The third kappa shape index (κ3) is 4.69. The molecule has 0 aromatic carbocycles. The smallest absolute Gasteiger partial charge is 0.233 e. The molecule has 0 aliphatic heterocycles. The Bertz CT molecular complexity index is 456. The number of amides is 1. The topological polar surface area (TPSA) is 72.7 Å². The van der Waals surface area contributed by atoms with E-state index in [-0.39, 0.29) is 17.2 Å². The highest BCUT2D eigenvalue weighted by atomic mass is 32.2. The summed E-state index contributed by atoms with van der Waals surface area (Å²) < 4.78 is 1.75. The summed E-state index contributed by atoms with van der Waals surface area (Å²) in [5.41, 5.74) is 0. The van der Waals surface area contributed by atoms with Crippen molar-refractivity contribution in [2.24, 2.45) is 5.92 Å². The minimum Gasteiger partial charge on any atom is -0.355 e. The molecule has 0 bridgehead atoms. The Balaban J connectivity index is 1.80. The van der Waals surface area contributed by atoms with Gasteiger partial charge in [-0.05, 0) is 50.0 Å². The highest BCUT2D eigenvalue weighted by Gasteiger charge is 2.21. The largest absolute Gasteiger partial charge is 0.355 e. The number of rotatable bonds is 6. The van der Waals surface area contributed by atoms with Gasteiger partial charge in [-0.1, -0.05) is 31.0 Å². The molecule has 7 heteroatoms. The van der Waals surface area contributed by atoms with Gasteiger partial charge in [0.05, 0.1) is 11.3 Å². The fraction of sp³-hybridized carbons (Fsp3) is 0.857. The molecule has 0 saturated heterocycles. The van der Waals surface area contributed by atoms with E-state index >= 15 is 0 Å². The van der Waals surface area contributed by atoms with Crippen molar-refractivity contribution in [3.63, 3.8) is 0 Å². The van der Waals surface area contributed by atoms with Crippen LogP contribution in [-0.4, -0.2) is 37.9 Å². The van der Waals surface area contributed by atoms with Gasteiger partial charge in [-0.25, -0.2) is 4.68 Å². The van der Waals surface area contributed by atoms with Crippen LogP contribution in [0, 0.1) is 5.92 Å². The van der Waals surface area contributed by atoms with Crippen molar-refractivity contribution in [1.29, 1.82) is 0 Å². The van der Waals surface area contributed by atoms with Crippen molar-refractivity contribution in [3.05, 3.63) is 0 Å². The quantitative estimate of drug-likeness (QED) is 0.817. The molecule has 1 aliphatic rings. The van der Waals surface area contributed by atoms with E-state index in [2.05, 4.69) is 20.8 Å². The van der Waals surface area contributed by atoms with Crippen LogP contribution in [0.5, 0.6) is 0 Å². The fourth-order valence-corrected chi connectivity index (χ4v) is 3.52. The Kier molecular flexibility index (Phi) is 6.02. The first-order valence-corrected chi connectivity index (χ1v) is 8.68. The zero-order valence-corrected chi connectivity index (χ0v) is 13.9. The fourth-order valence-electron chi connectivity index (χ4n) is 2.58. The average Bonchev–Trinajstić information content (AvgIpc) is 2.94. The van der Waals surface area contributed by atoms with Gasteiger partial charge in [-0.15, -0.1) is 5.10 Å². The Labute approximate surface area is 130 Å². The zero-order chi connectivity index (χ0) is 15.2. The molecular weight excluding hydrogens is 286 g/mol. The lowest BCUT2D eigenvalue weighted by Gasteiger charge is -2.22. The van der Waals surface area contributed by atoms with Crippen molar-refractivity contribution in [2.45, 2.75) is 69.3 Å². The predicted molar refractivity (Wildman–Crippen MR) is 83.1 cm³/mol. The summed E-state index contributed by atoms with van der Waals surface area (Å²) >= 11 is 1.41. The number of hydrogen-bond donors (Lipinski definition) is 1. The molecule has 1 fully saturated rings. The van der Waals surface area contributed by atoms with E-state index in [1.54, 1.807) is 4.68 Å². The number of tetrazole rings is 1. The Hall–Kier alpha value is -1.11. The average molecular weight is 311 g/mol. The van der Waals surface area contributed by atoms with Crippen molar-refractivity contribution in [3.8, 4) is 0 Å². The molecule has 118 valence electrons.